The van der Waals surface area contributed by atoms with Gasteiger partial charge in [0.2, 0.25) is 0 Å². The van der Waals surface area contributed by atoms with Crippen molar-refractivity contribution in [2.45, 2.75) is 11.8 Å². The summed E-state index contributed by atoms with van der Waals surface area (Å²) in [4.78, 5) is 0.227. The Morgan fingerprint density at radius 3 is 2.12 bits per heavy atom. The van der Waals surface area contributed by atoms with E-state index in [0.717, 1.165) is 29.8 Å². The van der Waals surface area contributed by atoms with Gasteiger partial charge in [0.15, 0.2) is 21.5 Å². The van der Waals surface area contributed by atoms with Gasteiger partial charge in [0.05, 0.1) is 10.6 Å². The van der Waals surface area contributed by atoms with Crippen LogP contribution >= 0.6 is 0 Å². The van der Waals surface area contributed by atoms with Crippen LogP contribution in [0, 0.1) is 18.6 Å². The van der Waals surface area contributed by atoms with Crippen LogP contribution in [-0.4, -0.2) is 19.2 Å². The van der Waals surface area contributed by atoms with Gasteiger partial charge in [0, 0.05) is 23.2 Å². The molecule has 3 rings (SSSR count). The second kappa shape index (κ2) is 5.87. The van der Waals surface area contributed by atoms with E-state index in [4.69, 9.17) is 0 Å². The van der Waals surface area contributed by atoms with Gasteiger partial charge in [-0.2, -0.15) is 0 Å². The molecule has 0 spiro atoms. The minimum absolute atomic E-state index is 0.227. The Morgan fingerprint density at radius 1 is 0.875 bits per heavy atom. The van der Waals surface area contributed by atoms with E-state index in [1.807, 2.05) is 23.6 Å². The third-order valence-electron chi connectivity index (χ3n) is 3.81. The van der Waals surface area contributed by atoms with Gasteiger partial charge in [-0.3, -0.25) is 0 Å². The van der Waals surface area contributed by atoms with E-state index < -0.39 is 21.5 Å². The number of hydrogen-bond acceptors (Lipinski definition) is 2. The van der Waals surface area contributed by atoms with Crippen molar-refractivity contribution in [1.29, 1.82) is 0 Å². The molecular formula is C18H15F2NO2S. The van der Waals surface area contributed by atoms with Crippen LogP contribution in [-0.2, 0) is 9.84 Å². The Hall–Kier alpha value is -2.47. The first kappa shape index (κ1) is 16.4. The minimum atomic E-state index is -3.27. The molecule has 6 heteroatoms. The molecule has 124 valence electrons. The summed E-state index contributed by atoms with van der Waals surface area (Å²) in [7, 11) is -3.27. The Bertz CT molecular complexity index is 1010. The Morgan fingerprint density at radius 2 is 1.54 bits per heavy atom. The first-order valence-corrected chi connectivity index (χ1v) is 9.11. The van der Waals surface area contributed by atoms with Crippen molar-refractivity contribution >= 4 is 9.84 Å². The van der Waals surface area contributed by atoms with Crippen LogP contribution in [0.15, 0.2) is 59.5 Å². The Balaban J connectivity index is 2.12. The molecule has 1 aromatic heterocycles. The van der Waals surface area contributed by atoms with Gasteiger partial charge in [-0.05, 0) is 61.5 Å². The zero-order valence-electron chi connectivity index (χ0n) is 13.1. The monoisotopic (exact) mass is 347 g/mol. The first-order chi connectivity index (χ1) is 11.3. The molecule has 0 unspecified atom stereocenters. The fourth-order valence-corrected chi connectivity index (χ4v) is 3.23. The number of nitrogens with zero attached hydrogens (tertiary/aromatic N) is 1. The number of halogens is 2. The lowest BCUT2D eigenvalue weighted by Gasteiger charge is -2.13. The molecule has 0 saturated heterocycles. The number of benzene rings is 2. The van der Waals surface area contributed by atoms with Crippen LogP contribution in [0.25, 0.3) is 16.9 Å². The highest BCUT2D eigenvalue weighted by Gasteiger charge is 2.13. The maximum atomic E-state index is 13.5. The molecule has 0 bridgehead atoms. The quantitative estimate of drug-likeness (QED) is 0.714. The van der Waals surface area contributed by atoms with Crippen LogP contribution < -0.4 is 0 Å². The zero-order chi connectivity index (χ0) is 17.5. The van der Waals surface area contributed by atoms with Crippen molar-refractivity contribution in [3.05, 3.63) is 71.9 Å². The van der Waals surface area contributed by atoms with Crippen molar-refractivity contribution in [1.82, 2.24) is 4.57 Å². The average molecular weight is 347 g/mol. The number of aryl methyl sites for hydroxylation is 1. The topological polar surface area (TPSA) is 39.1 Å². The molecule has 0 aliphatic carbocycles. The van der Waals surface area contributed by atoms with Crippen molar-refractivity contribution in [2.75, 3.05) is 6.26 Å². The highest BCUT2D eigenvalue weighted by molar-refractivity contribution is 7.90. The van der Waals surface area contributed by atoms with Crippen LogP contribution in [0.3, 0.4) is 0 Å². The summed E-state index contributed by atoms with van der Waals surface area (Å²) in [5, 5.41) is 0. The summed E-state index contributed by atoms with van der Waals surface area (Å²) in [6.45, 7) is 1.88. The summed E-state index contributed by atoms with van der Waals surface area (Å²) >= 11 is 0. The third kappa shape index (κ3) is 2.97. The maximum Gasteiger partial charge on any atom is 0.175 e. The SMILES string of the molecule is Cc1ccc(-c2ccc(F)c(F)c2)n1-c1ccc(S(C)(=O)=O)cc1. The smallest absolute Gasteiger partial charge is 0.175 e. The van der Waals surface area contributed by atoms with E-state index in [1.165, 1.54) is 18.2 Å². The third-order valence-corrected chi connectivity index (χ3v) is 4.94. The summed E-state index contributed by atoms with van der Waals surface area (Å²) in [5.74, 6) is -1.81. The van der Waals surface area contributed by atoms with Gasteiger partial charge in [0.25, 0.3) is 0 Å². The van der Waals surface area contributed by atoms with Gasteiger partial charge in [0.1, 0.15) is 0 Å². The number of sulfone groups is 1. The molecule has 3 aromatic rings. The van der Waals surface area contributed by atoms with Crippen molar-refractivity contribution < 1.29 is 17.2 Å². The Kier molecular flexibility index (Phi) is 4.01. The fraction of sp³-hybridized carbons (Fsp3) is 0.111. The largest absolute Gasteiger partial charge is 0.314 e. The van der Waals surface area contributed by atoms with Crippen molar-refractivity contribution in [2.24, 2.45) is 0 Å². The van der Waals surface area contributed by atoms with E-state index in [9.17, 15) is 17.2 Å². The average Bonchev–Trinajstić information content (AvgIpc) is 2.91. The standard InChI is InChI=1S/C18H15F2NO2S/c1-12-3-10-18(13-4-9-16(19)17(20)11-13)21(12)14-5-7-15(8-6-14)24(2,22)23/h3-11H,1-2H3. The number of aromatic nitrogens is 1. The summed E-state index contributed by atoms with van der Waals surface area (Å²) in [5.41, 5.74) is 2.86. The van der Waals surface area contributed by atoms with Crippen molar-refractivity contribution in [3.8, 4) is 16.9 Å². The fourth-order valence-electron chi connectivity index (χ4n) is 2.60. The zero-order valence-corrected chi connectivity index (χ0v) is 13.9. The molecule has 0 aliphatic heterocycles. The molecule has 2 aromatic carbocycles. The van der Waals surface area contributed by atoms with E-state index in [-0.39, 0.29) is 4.90 Å². The predicted molar refractivity (Wildman–Crippen MR) is 89.0 cm³/mol. The Labute approximate surface area is 139 Å². The molecule has 24 heavy (non-hydrogen) atoms. The predicted octanol–water partition coefficient (Wildman–Crippen LogP) is 4.13. The van der Waals surface area contributed by atoms with E-state index >= 15 is 0 Å². The van der Waals surface area contributed by atoms with Crippen LogP contribution in [0.1, 0.15) is 5.69 Å². The molecule has 0 atom stereocenters. The van der Waals surface area contributed by atoms with Gasteiger partial charge in [-0.15, -0.1) is 0 Å². The highest BCUT2D eigenvalue weighted by atomic mass is 32.2. The van der Waals surface area contributed by atoms with Crippen LogP contribution in [0.4, 0.5) is 8.78 Å². The maximum absolute atomic E-state index is 13.5. The summed E-state index contributed by atoms with van der Waals surface area (Å²) in [6, 6.07) is 13.8. The highest BCUT2D eigenvalue weighted by Crippen LogP contribution is 2.28. The molecule has 0 radical (unpaired) electrons. The molecule has 0 fully saturated rings. The first-order valence-electron chi connectivity index (χ1n) is 7.21. The van der Waals surface area contributed by atoms with Crippen LogP contribution in [0.2, 0.25) is 0 Å². The normalized spacial score (nSPS) is 11.7. The minimum Gasteiger partial charge on any atom is -0.314 e. The second-order valence-corrected chi connectivity index (χ2v) is 7.61. The molecule has 0 amide bonds. The van der Waals surface area contributed by atoms with E-state index in [1.54, 1.807) is 12.1 Å². The van der Waals surface area contributed by atoms with Gasteiger partial charge < -0.3 is 4.57 Å². The van der Waals surface area contributed by atoms with Gasteiger partial charge in [-0.25, -0.2) is 17.2 Å². The molecular weight excluding hydrogens is 332 g/mol. The lowest BCUT2D eigenvalue weighted by molar-refractivity contribution is 0.509. The van der Waals surface area contributed by atoms with Crippen LogP contribution in [0.5, 0.6) is 0 Å². The molecule has 1 heterocycles. The lowest BCUT2D eigenvalue weighted by Crippen LogP contribution is -2.01. The summed E-state index contributed by atoms with van der Waals surface area (Å²) in [6.07, 6.45) is 1.15. The number of hydrogen-bond donors (Lipinski definition) is 0. The molecule has 3 nitrogen and oxygen atoms in total. The van der Waals surface area contributed by atoms with E-state index in [2.05, 4.69) is 0 Å². The number of rotatable bonds is 3. The second-order valence-electron chi connectivity index (χ2n) is 5.59. The molecule has 0 N–H and O–H groups in total. The lowest BCUT2D eigenvalue weighted by atomic mass is 10.1. The van der Waals surface area contributed by atoms with Gasteiger partial charge in [-0.1, -0.05) is 0 Å². The summed E-state index contributed by atoms with van der Waals surface area (Å²) < 4.78 is 51.7. The van der Waals surface area contributed by atoms with Gasteiger partial charge >= 0.3 is 0 Å². The van der Waals surface area contributed by atoms with Crippen molar-refractivity contribution in [3.63, 3.8) is 0 Å². The molecule has 0 aliphatic rings. The molecule has 0 saturated carbocycles. The van der Waals surface area contributed by atoms with E-state index in [0.29, 0.717) is 11.3 Å².